The lowest BCUT2D eigenvalue weighted by molar-refractivity contribution is 0.719. The average Bonchev–Trinajstić information content (AvgIpc) is 1.50. The van der Waals surface area contributed by atoms with Crippen LogP contribution in [0, 0.1) is 15.9 Å². The van der Waals surface area contributed by atoms with Crippen molar-refractivity contribution < 1.29 is 0 Å². The molecule has 0 nitrogen and oxygen atoms in total. The third kappa shape index (κ3) is 7.13. The normalized spacial score (nSPS) is 17.8. The molecule has 5 aliphatic rings. The van der Waals surface area contributed by atoms with Crippen LogP contribution in [0.4, 0.5) is 0 Å². The molecular weight excluding hydrogens is 1040 g/mol. The molecule has 1 saturated carbocycles. The highest BCUT2D eigenvalue weighted by Gasteiger charge is 2.69. The Labute approximate surface area is 504 Å². The molecule has 0 heterocycles. The summed E-state index contributed by atoms with van der Waals surface area (Å²) in [4.78, 5) is 0. The summed E-state index contributed by atoms with van der Waals surface area (Å²) in [6, 6.07) is 91.9. The van der Waals surface area contributed by atoms with Crippen molar-refractivity contribution in [3.8, 4) is 33.4 Å². The van der Waals surface area contributed by atoms with E-state index in [0.29, 0.717) is 0 Å². The second-order valence-electron chi connectivity index (χ2n) is 24.9. The summed E-state index contributed by atoms with van der Waals surface area (Å²) in [5, 5.41) is 25.8. The van der Waals surface area contributed by atoms with Gasteiger partial charge in [0.05, 0.1) is 0 Å². The summed E-state index contributed by atoms with van der Waals surface area (Å²) in [7, 11) is 0. The molecule has 0 bridgehead atoms. The first kappa shape index (κ1) is 48.7. The van der Waals surface area contributed by atoms with Gasteiger partial charge >= 0.3 is 0 Å². The molecule has 14 aromatic carbocycles. The highest BCUT2D eigenvalue weighted by molar-refractivity contribution is 6.18. The van der Waals surface area contributed by atoms with Gasteiger partial charge in [0.25, 0.3) is 0 Å². The summed E-state index contributed by atoms with van der Waals surface area (Å²) >= 11 is 0. The number of rotatable bonds is 5. The molecule has 0 N–H and O–H groups in total. The lowest BCUT2D eigenvalue weighted by atomic mass is 9.71. The summed E-state index contributed by atoms with van der Waals surface area (Å²) in [6.45, 7) is 0. The molecule has 2 atom stereocenters. The lowest BCUT2D eigenvalue weighted by Gasteiger charge is -2.32. The second kappa shape index (κ2) is 18.4. The van der Waals surface area contributed by atoms with Crippen molar-refractivity contribution in [1.82, 2.24) is 0 Å². The average molecular weight is 1100 g/mol. The van der Waals surface area contributed by atoms with E-state index < -0.39 is 0 Å². The van der Waals surface area contributed by atoms with E-state index in [1.54, 1.807) is 0 Å². The SMILES string of the molecule is C1=CC2(c3cccc4cc5c6c(ccc5cc34)=C(c3cccc4c3=CCC=c3cc5c(-c7cccc8c7ccc7cc9c(-c%10ccccc%10)cccc9cc78)cccc5cc3=4)C=CCC=6)CC23C=Cc2cc4c(-c5ccccc5)cccc4cc2C3=C1. The molecule has 404 valence electrons. The quantitative estimate of drug-likeness (QED) is 0.119. The van der Waals surface area contributed by atoms with Crippen LogP contribution in [0.1, 0.15) is 41.5 Å². The smallest absolute Gasteiger partial charge is 0.0285 e. The number of hydrogen-bond donors (Lipinski definition) is 0. The van der Waals surface area contributed by atoms with Gasteiger partial charge in [0.15, 0.2) is 0 Å². The van der Waals surface area contributed by atoms with Gasteiger partial charge in [-0.05, 0) is 241 Å². The lowest BCUT2D eigenvalue weighted by Crippen LogP contribution is -2.29. The van der Waals surface area contributed by atoms with Crippen LogP contribution in [0.25, 0.3) is 144 Å². The fourth-order valence-electron chi connectivity index (χ4n) is 16.4. The largest absolute Gasteiger partial charge is 0.0801 e. The maximum atomic E-state index is 2.55. The second-order valence-corrected chi connectivity index (χ2v) is 24.9. The topological polar surface area (TPSA) is 0 Å². The minimum atomic E-state index is -0.119. The van der Waals surface area contributed by atoms with Crippen LogP contribution >= 0.6 is 0 Å². The first-order chi connectivity index (χ1) is 43.1. The minimum Gasteiger partial charge on any atom is -0.0801 e. The molecule has 1 spiro atoms. The molecule has 87 heavy (non-hydrogen) atoms. The van der Waals surface area contributed by atoms with Gasteiger partial charge in [-0.3, -0.25) is 0 Å². The molecular formula is C87H56. The molecule has 0 aromatic heterocycles. The number of benzene rings is 14. The van der Waals surface area contributed by atoms with Gasteiger partial charge in [-0.1, -0.05) is 255 Å². The van der Waals surface area contributed by atoms with Gasteiger partial charge in [0.2, 0.25) is 0 Å². The zero-order chi connectivity index (χ0) is 57.0. The minimum absolute atomic E-state index is 0.0849. The van der Waals surface area contributed by atoms with E-state index in [0.717, 1.165) is 19.3 Å². The van der Waals surface area contributed by atoms with Gasteiger partial charge in [-0.15, -0.1) is 0 Å². The maximum absolute atomic E-state index is 2.55. The van der Waals surface area contributed by atoms with Crippen molar-refractivity contribution in [1.29, 1.82) is 0 Å². The van der Waals surface area contributed by atoms with Crippen LogP contribution in [0.2, 0.25) is 0 Å². The highest BCUT2D eigenvalue weighted by atomic mass is 14.7. The standard InChI is InChI=1S/C87H56/c1-3-17-54(18-4-1)64-28-9-21-56-45-80-61(49-76(56)64)38-40-75-69(33-15-35-73(75)80)71-31-12-24-58-47-79-57(46-78(58)71)23-11-30-68-67(32-14-34-72(68)79)66-26-7-8-27-70-74(66)41-39-62-52-82-60(48-81(62)70)25-13-36-84(82)86-43-16-37-85-83-51-59-22-10-29-65(55-19-5-2-6-20-55)77(59)50-63(83)42-44-87(85,86)53-86/h1-7,9-10,12-52H,8,11,53H2. The van der Waals surface area contributed by atoms with Gasteiger partial charge in [-0.2, -0.15) is 0 Å². The fourth-order valence-corrected chi connectivity index (χ4v) is 16.4. The van der Waals surface area contributed by atoms with Gasteiger partial charge in [0, 0.05) is 10.8 Å². The predicted molar refractivity (Wildman–Crippen MR) is 370 cm³/mol. The Kier molecular flexibility index (Phi) is 10.3. The molecule has 0 saturated heterocycles. The Morgan fingerprint density at radius 2 is 0.920 bits per heavy atom. The van der Waals surface area contributed by atoms with E-state index >= 15 is 0 Å². The molecule has 0 amide bonds. The molecule has 2 unspecified atom stereocenters. The summed E-state index contributed by atoms with van der Waals surface area (Å²) in [5.74, 6) is 0. The van der Waals surface area contributed by atoms with Crippen molar-refractivity contribution in [2.45, 2.75) is 24.7 Å². The van der Waals surface area contributed by atoms with Crippen LogP contribution < -0.4 is 20.9 Å². The van der Waals surface area contributed by atoms with Crippen LogP contribution in [0.15, 0.2) is 279 Å². The van der Waals surface area contributed by atoms with E-state index in [2.05, 4.69) is 303 Å². The summed E-state index contributed by atoms with van der Waals surface area (Å²) in [5.41, 5.74) is 15.5. The zero-order valence-electron chi connectivity index (χ0n) is 48.0. The first-order valence-electron chi connectivity index (χ1n) is 31.0. The van der Waals surface area contributed by atoms with Crippen LogP contribution in [0.5, 0.6) is 0 Å². The molecule has 1 fully saturated rings. The summed E-state index contributed by atoms with van der Waals surface area (Å²) in [6.07, 6.45) is 27.2. The van der Waals surface area contributed by atoms with Crippen molar-refractivity contribution in [2.24, 2.45) is 5.41 Å². The monoisotopic (exact) mass is 1100 g/mol. The fraction of sp³-hybridized carbons (Fsp3) is 0.0575. The number of allylic oxidation sites excluding steroid dienone is 7. The van der Waals surface area contributed by atoms with Crippen LogP contribution in [-0.4, -0.2) is 0 Å². The summed E-state index contributed by atoms with van der Waals surface area (Å²) < 4.78 is 0. The third-order valence-electron chi connectivity index (χ3n) is 20.5. The zero-order valence-corrected chi connectivity index (χ0v) is 48.0. The van der Waals surface area contributed by atoms with Gasteiger partial charge < -0.3 is 0 Å². The molecule has 19 rings (SSSR count). The number of fused-ring (bicyclic) bond motifs is 14. The molecule has 0 aliphatic heterocycles. The van der Waals surface area contributed by atoms with Crippen LogP contribution in [0.3, 0.4) is 0 Å². The van der Waals surface area contributed by atoms with Gasteiger partial charge in [-0.25, -0.2) is 0 Å². The number of hydrogen-bond acceptors (Lipinski definition) is 0. The van der Waals surface area contributed by atoms with Crippen molar-refractivity contribution in [3.05, 3.63) is 333 Å². The van der Waals surface area contributed by atoms with Crippen molar-refractivity contribution in [3.63, 3.8) is 0 Å². The molecule has 0 radical (unpaired) electrons. The van der Waals surface area contributed by atoms with Crippen molar-refractivity contribution >= 4 is 111 Å². The molecule has 0 heteroatoms. The van der Waals surface area contributed by atoms with Crippen LogP contribution in [-0.2, 0) is 5.41 Å². The maximum Gasteiger partial charge on any atom is 0.0285 e. The van der Waals surface area contributed by atoms with E-state index in [1.165, 1.54) is 173 Å². The Bertz CT molecular complexity index is 5950. The third-order valence-corrected chi connectivity index (χ3v) is 20.5. The Balaban J connectivity index is 0.710. The molecule has 14 aromatic rings. The molecule has 5 aliphatic carbocycles. The van der Waals surface area contributed by atoms with E-state index in [-0.39, 0.29) is 10.8 Å². The van der Waals surface area contributed by atoms with E-state index in [1.807, 2.05) is 0 Å². The Morgan fingerprint density at radius 3 is 1.74 bits per heavy atom. The van der Waals surface area contributed by atoms with E-state index in [9.17, 15) is 0 Å². The van der Waals surface area contributed by atoms with Gasteiger partial charge in [0.1, 0.15) is 0 Å². The predicted octanol–water partition coefficient (Wildman–Crippen LogP) is 19.3. The Hall–Kier alpha value is -10.7. The van der Waals surface area contributed by atoms with E-state index in [4.69, 9.17) is 0 Å². The Morgan fingerprint density at radius 1 is 0.310 bits per heavy atom. The first-order valence-corrected chi connectivity index (χ1v) is 31.0. The highest BCUT2D eigenvalue weighted by Crippen LogP contribution is 2.75. The van der Waals surface area contributed by atoms with Crippen molar-refractivity contribution in [2.75, 3.05) is 0 Å².